The average molecular weight is 334 g/mol. The van der Waals surface area contributed by atoms with Gasteiger partial charge < -0.3 is 18.9 Å². The van der Waals surface area contributed by atoms with Crippen molar-refractivity contribution >= 4 is 11.8 Å². The summed E-state index contributed by atoms with van der Waals surface area (Å²) in [5.74, 6) is 0.457. The zero-order valence-electron chi connectivity index (χ0n) is 14.2. The van der Waals surface area contributed by atoms with Gasteiger partial charge in [-0.05, 0) is 30.5 Å². The van der Waals surface area contributed by atoms with Crippen LogP contribution in [0.2, 0.25) is 0 Å². The Morgan fingerprint density at radius 2 is 1.83 bits per heavy atom. The third-order valence-corrected chi connectivity index (χ3v) is 4.27. The van der Waals surface area contributed by atoms with Gasteiger partial charge in [0.15, 0.2) is 22.7 Å². The van der Waals surface area contributed by atoms with Crippen LogP contribution in [-0.2, 0) is 19.7 Å². The third kappa shape index (κ3) is 2.84. The highest BCUT2D eigenvalue weighted by Crippen LogP contribution is 2.46. The van der Waals surface area contributed by atoms with Gasteiger partial charge >= 0.3 is 5.97 Å². The van der Waals surface area contributed by atoms with Crippen molar-refractivity contribution in [3.8, 4) is 17.2 Å². The molecular formula is C18H22O6. The Hall–Kier alpha value is -2.50. The van der Waals surface area contributed by atoms with Crippen LogP contribution in [0.5, 0.6) is 17.2 Å². The van der Waals surface area contributed by atoms with Crippen LogP contribution < -0.4 is 14.2 Å². The van der Waals surface area contributed by atoms with E-state index in [1.807, 2.05) is 0 Å². The lowest BCUT2D eigenvalue weighted by Gasteiger charge is -2.27. The Bertz CT molecular complexity index is 626. The number of benzene rings is 1. The summed E-state index contributed by atoms with van der Waals surface area (Å²) in [4.78, 5) is 25.3. The minimum atomic E-state index is -1.34. The van der Waals surface area contributed by atoms with Crippen molar-refractivity contribution < 1.29 is 28.5 Å². The summed E-state index contributed by atoms with van der Waals surface area (Å²) in [6.07, 6.45) is 2.82. The van der Waals surface area contributed by atoms with E-state index in [9.17, 15) is 9.59 Å². The minimum absolute atomic E-state index is 0.0539. The highest BCUT2D eigenvalue weighted by Gasteiger charge is 2.52. The molecule has 6 nitrogen and oxygen atoms in total. The highest BCUT2D eigenvalue weighted by atomic mass is 16.5. The summed E-state index contributed by atoms with van der Waals surface area (Å²) in [6, 6.07) is 3.28. The molecular weight excluding hydrogens is 312 g/mol. The van der Waals surface area contributed by atoms with Gasteiger partial charge in [0, 0.05) is 6.42 Å². The van der Waals surface area contributed by atoms with Crippen molar-refractivity contribution in [3.63, 3.8) is 0 Å². The Balaban J connectivity index is 2.61. The van der Waals surface area contributed by atoms with Gasteiger partial charge in [-0.2, -0.15) is 0 Å². The molecule has 0 saturated heterocycles. The van der Waals surface area contributed by atoms with E-state index in [0.717, 1.165) is 0 Å². The van der Waals surface area contributed by atoms with E-state index < -0.39 is 11.4 Å². The molecule has 24 heavy (non-hydrogen) atoms. The van der Waals surface area contributed by atoms with Crippen LogP contribution in [0.3, 0.4) is 0 Å². The summed E-state index contributed by atoms with van der Waals surface area (Å²) < 4.78 is 21.2. The first-order valence-electron chi connectivity index (χ1n) is 7.67. The van der Waals surface area contributed by atoms with Gasteiger partial charge in [-0.1, -0.05) is 12.7 Å². The van der Waals surface area contributed by atoms with Crippen molar-refractivity contribution in [2.24, 2.45) is 0 Å². The molecule has 0 aliphatic heterocycles. The molecule has 0 heterocycles. The second-order valence-electron chi connectivity index (χ2n) is 5.48. The fraction of sp³-hybridized carbons (Fsp3) is 0.444. The number of hydrogen-bond donors (Lipinski definition) is 0. The van der Waals surface area contributed by atoms with E-state index in [-0.39, 0.29) is 12.4 Å². The predicted octanol–water partition coefficient (Wildman–Crippen LogP) is 2.43. The van der Waals surface area contributed by atoms with Gasteiger partial charge in [-0.25, -0.2) is 0 Å². The van der Waals surface area contributed by atoms with Gasteiger partial charge in [0.05, 0.1) is 21.3 Å². The molecule has 1 saturated carbocycles. The van der Waals surface area contributed by atoms with Crippen LogP contribution in [0, 0.1) is 0 Å². The maximum atomic E-state index is 12.7. The number of ketones is 1. The smallest absolute Gasteiger partial charge is 0.324 e. The van der Waals surface area contributed by atoms with E-state index in [0.29, 0.717) is 42.1 Å². The molecule has 0 radical (unpaired) electrons. The first kappa shape index (κ1) is 17.8. The van der Waals surface area contributed by atoms with E-state index >= 15 is 0 Å². The molecule has 1 aromatic rings. The lowest BCUT2D eigenvalue weighted by molar-refractivity contribution is -0.152. The molecule has 1 unspecified atom stereocenters. The molecule has 2 rings (SSSR count). The summed E-state index contributed by atoms with van der Waals surface area (Å²) in [5.41, 5.74) is -0.843. The molecule has 0 bridgehead atoms. The third-order valence-electron chi connectivity index (χ3n) is 4.27. The quantitative estimate of drug-likeness (QED) is 0.433. The normalized spacial score (nSPS) is 19.7. The number of esters is 1. The molecule has 6 heteroatoms. The summed E-state index contributed by atoms with van der Waals surface area (Å²) in [6.45, 7) is 3.59. The Morgan fingerprint density at radius 1 is 1.21 bits per heavy atom. The SMILES string of the molecule is C=CCOC(=O)C1(c2cc(OC)c(OC)c(OC)c2)CCCC1=O. The highest BCUT2D eigenvalue weighted by molar-refractivity contribution is 6.11. The molecule has 130 valence electrons. The Labute approximate surface area is 141 Å². The van der Waals surface area contributed by atoms with Gasteiger partial charge in [-0.3, -0.25) is 9.59 Å². The first-order valence-corrected chi connectivity index (χ1v) is 7.67. The average Bonchev–Trinajstić information content (AvgIpc) is 3.00. The van der Waals surface area contributed by atoms with Gasteiger partial charge in [0.2, 0.25) is 5.75 Å². The van der Waals surface area contributed by atoms with Crippen molar-refractivity contribution in [1.82, 2.24) is 0 Å². The first-order chi connectivity index (χ1) is 11.5. The van der Waals surface area contributed by atoms with Crippen molar-refractivity contribution in [2.45, 2.75) is 24.7 Å². The fourth-order valence-electron chi connectivity index (χ4n) is 3.09. The second-order valence-corrected chi connectivity index (χ2v) is 5.48. The van der Waals surface area contributed by atoms with E-state index in [2.05, 4.69) is 6.58 Å². The number of hydrogen-bond acceptors (Lipinski definition) is 6. The van der Waals surface area contributed by atoms with E-state index in [1.54, 1.807) is 12.1 Å². The molecule has 1 aliphatic carbocycles. The molecule has 0 spiro atoms. The lowest BCUT2D eigenvalue weighted by Crippen LogP contribution is -2.41. The number of carbonyl (C=O) groups excluding carboxylic acids is 2. The van der Waals surface area contributed by atoms with Crippen LogP contribution in [0.1, 0.15) is 24.8 Å². The van der Waals surface area contributed by atoms with E-state index in [1.165, 1.54) is 27.4 Å². The lowest BCUT2D eigenvalue weighted by atomic mass is 9.77. The topological polar surface area (TPSA) is 71.1 Å². The van der Waals surface area contributed by atoms with Crippen molar-refractivity contribution in [2.75, 3.05) is 27.9 Å². The molecule has 1 aliphatic rings. The molecule has 1 atom stereocenters. The number of Topliss-reactive ketones (excluding diaryl/α,β-unsaturated/α-hetero) is 1. The van der Waals surface area contributed by atoms with Crippen LogP contribution in [0.15, 0.2) is 24.8 Å². The largest absolute Gasteiger partial charge is 0.493 e. The molecule has 1 aromatic carbocycles. The van der Waals surface area contributed by atoms with Gasteiger partial charge in [0.1, 0.15) is 6.61 Å². The summed E-state index contributed by atoms with van der Waals surface area (Å²) in [7, 11) is 4.47. The monoisotopic (exact) mass is 334 g/mol. The van der Waals surface area contributed by atoms with Crippen LogP contribution in [-0.4, -0.2) is 39.7 Å². The predicted molar refractivity (Wildman–Crippen MR) is 87.8 cm³/mol. The standard InChI is InChI=1S/C18H22O6/c1-5-9-24-17(20)18(8-6-7-15(18)19)12-10-13(21-2)16(23-4)14(11-12)22-3/h5,10-11H,1,6-9H2,2-4H3. The molecule has 1 fully saturated rings. The number of rotatable bonds is 7. The number of ether oxygens (including phenoxy) is 4. The van der Waals surface area contributed by atoms with Crippen molar-refractivity contribution in [3.05, 3.63) is 30.4 Å². The number of carbonyl (C=O) groups is 2. The molecule has 0 amide bonds. The fourth-order valence-corrected chi connectivity index (χ4v) is 3.09. The second kappa shape index (κ2) is 7.38. The van der Waals surface area contributed by atoms with Gasteiger partial charge in [-0.15, -0.1) is 0 Å². The van der Waals surface area contributed by atoms with Crippen LogP contribution >= 0.6 is 0 Å². The Kier molecular flexibility index (Phi) is 5.49. The molecule has 0 N–H and O–H groups in total. The summed E-state index contributed by atoms with van der Waals surface area (Å²) in [5, 5.41) is 0. The maximum Gasteiger partial charge on any atom is 0.324 e. The van der Waals surface area contributed by atoms with Crippen LogP contribution in [0.25, 0.3) is 0 Å². The number of methoxy groups -OCH3 is 3. The summed E-state index contributed by atoms with van der Waals surface area (Å²) >= 11 is 0. The van der Waals surface area contributed by atoms with E-state index in [4.69, 9.17) is 18.9 Å². The Morgan fingerprint density at radius 3 is 2.25 bits per heavy atom. The van der Waals surface area contributed by atoms with Crippen LogP contribution in [0.4, 0.5) is 0 Å². The molecule has 0 aromatic heterocycles. The van der Waals surface area contributed by atoms with Crippen molar-refractivity contribution in [1.29, 1.82) is 0 Å². The maximum absolute atomic E-state index is 12.7. The zero-order chi connectivity index (χ0) is 17.7. The minimum Gasteiger partial charge on any atom is -0.493 e. The van der Waals surface area contributed by atoms with Gasteiger partial charge in [0.25, 0.3) is 0 Å². The zero-order valence-corrected chi connectivity index (χ0v) is 14.2.